The van der Waals surface area contributed by atoms with E-state index in [1.807, 2.05) is 30.3 Å². The Morgan fingerprint density at radius 1 is 1.00 bits per heavy atom. The summed E-state index contributed by atoms with van der Waals surface area (Å²) in [4.78, 5) is 14.5. The molecule has 1 aromatic heterocycles. The molecule has 1 aliphatic heterocycles. The van der Waals surface area contributed by atoms with E-state index in [2.05, 4.69) is 0 Å². The highest BCUT2D eigenvalue weighted by molar-refractivity contribution is 7.89. The van der Waals surface area contributed by atoms with Crippen LogP contribution >= 0.6 is 0 Å². The van der Waals surface area contributed by atoms with Crippen LogP contribution < -0.4 is 5.73 Å². The zero-order valence-corrected chi connectivity index (χ0v) is 16.1. The van der Waals surface area contributed by atoms with Gasteiger partial charge in [0.2, 0.25) is 10.0 Å². The fourth-order valence-electron chi connectivity index (χ4n) is 3.39. The number of nitrogens with two attached hydrogens (primary N) is 1. The summed E-state index contributed by atoms with van der Waals surface area (Å²) in [6.45, 7) is 1.39. The number of fused-ring (bicyclic) bond motifs is 1. The van der Waals surface area contributed by atoms with Gasteiger partial charge in [-0.25, -0.2) is 8.42 Å². The van der Waals surface area contributed by atoms with Gasteiger partial charge in [0.05, 0.1) is 17.0 Å². The molecule has 0 radical (unpaired) electrons. The monoisotopic (exact) mass is 399 g/mol. The molecule has 3 aromatic rings. The number of benzene rings is 2. The number of furan rings is 1. The van der Waals surface area contributed by atoms with E-state index in [9.17, 15) is 13.2 Å². The van der Waals surface area contributed by atoms with E-state index in [4.69, 9.17) is 10.2 Å². The van der Waals surface area contributed by atoms with E-state index < -0.39 is 10.0 Å². The first-order valence-corrected chi connectivity index (χ1v) is 10.5. The number of carbonyl (C=O) groups excluding carboxylic acids is 1. The molecule has 0 spiro atoms. The lowest BCUT2D eigenvalue weighted by atomic mass is 10.1. The van der Waals surface area contributed by atoms with Crippen LogP contribution in [0.2, 0.25) is 0 Å². The average Bonchev–Trinajstić information content (AvgIpc) is 3.22. The molecule has 0 aliphatic carbocycles. The number of sulfonamides is 1. The molecule has 2 N–H and O–H groups in total. The largest absolute Gasteiger partial charge is 0.467 e. The van der Waals surface area contributed by atoms with Gasteiger partial charge in [0, 0.05) is 26.2 Å². The highest BCUT2D eigenvalue weighted by Gasteiger charge is 2.31. The maximum atomic E-state index is 13.0. The molecular weight excluding hydrogens is 378 g/mol. The van der Waals surface area contributed by atoms with Crippen molar-refractivity contribution >= 4 is 26.7 Å². The van der Waals surface area contributed by atoms with Crippen LogP contribution in [0.1, 0.15) is 16.1 Å². The van der Waals surface area contributed by atoms with Gasteiger partial charge < -0.3 is 15.1 Å². The van der Waals surface area contributed by atoms with Crippen LogP contribution in [0.25, 0.3) is 10.8 Å². The summed E-state index contributed by atoms with van der Waals surface area (Å²) in [6, 6.07) is 14.4. The first-order chi connectivity index (χ1) is 13.5. The molecular formula is C20H21N3O4S. The van der Waals surface area contributed by atoms with Crippen molar-refractivity contribution in [1.29, 1.82) is 0 Å². The van der Waals surface area contributed by atoms with Gasteiger partial charge in [-0.15, -0.1) is 0 Å². The number of carbonyl (C=O) groups is 1. The zero-order chi connectivity index (χ0) is 19.7. The summed E-state index contributed by atoms with van der Waals surface area (Å²) in [7, 11) is -3.61. The van der Waals surface area contributed by atoms with E-state index in [1.165, 1.54) is 10.6 Å². The number of nitrogens with zero attached hydrogens (tertiary/aromatic N) is 2. The molecule has 0 unspecified atom stereocenters. The minimum Gasteiger partial charge on any atom is -0.467 e. The average molecular weight is 399 g/mol. The standard InChI is InChI=1S/C20H21N3O4S/c21-13-18-11-17(14-27-18)20(24)22-7-9-23(10-8-22)28(25,26)19-6-5-15-3-1-2-4-16(15)12-19/h1-6,11-12,14H,7-10,13,21H2. The van der Waals surface area contributed by atoms with E-state index in [1.54, 1.807) is 23.1 Å². The van der Waals surface area contributed by atoms with Gasteiger partial charge in [-0.3, -0.25) is 4.79 Å². The van der Waals surface area contributed by atoms with Crippen LogP contribution in [0.15, 0.2) is 64.1 Å². The van der Waals surface area contributed by atoms with Crippen molar-refractivity contribution in [3.8, 4) is 0 Å². The summed E-state index contributed by atoms with van der Waals surface area (Å²) in [5, 5.41) is 1.88. The predicted octanol–water partition coefficient (Wildman–Crippen LogP) is 2.04. The molecule has 8 heteroatoms. The molecule has 2 heterocycles. The molecule has 0 saturated carbocycles. The Hall–Kier alpha value is -2.68. The second-order valence-electron chi connectivity index (χ2n) is 6.71. The van der Waals surface area contributed by atoms with Gasteiger partial charge >= 0.3 is 0 Å². The van der Waals surface area contributed by atoms with Crippen molar-refractivity contribution < 1.29 is 17.6 Å². The highest BCUT2D eigenvalue weighted by Crippen LogP contribution is 2.23. The molecule has 7 nitrogen and oxygen atoms in total. The van der Waals surface area contributed by atoms with Crippen molar-refractivity contribution in [3.05, 3.63) is 66.1 Å². The van der Waals surface area contributed by atoms with E-state index in [-0.39, 0.29) is 30.4 Å². The van der Waals surface area contributed by atoms with Crippen molar-refractivity contribution in [3.63, 3.8) is 0 Å². The molecule has 1 saturated heterocycles. The third kappa shape index (κ3) is 3.42. The van der Waals surface area contributed by atoms with Crippen molar-refractivity contribution in [2.24, 2.45) is 5.73 Å². The zero-order valence-electron chi connectivity index (χ0n) is 15.2. The summed E-state index contributed by atoms with van der Waals surface area (Å²) >= 11 is 0. The Labute approximate surface area is 163 Å². The van der Waals surface area contributed by atoms with Crippen LogP contribution in [0.4, 0.5) is 0 Å². The predicted molar refractivity (Wildman–Crippen MR) is 105 cm³/mol. The number of amides is 1. The van der Waals surface area contributed by atoms with E-state index in [0.29, 0.717) is 24.4 Å². The quantitative estimate of drug-likeness (QED) is 0.724. The van der Waals surface area contributed by atoms with Crippen LogP contribution in [0.3, 0.4) is 0 Å². The highest BCUT2D eigenvalue weighted by atomic mass is 32.2. The number of piperazine rings is 1. The topological polar surface area (TPSA) is 96.9 Å². The fourth-order valence-corrected chi connectivity index (χ4v) is 4.85. The smallest absolute Gasteiger partial charge is 0.257 e. The van der Waals surface area contributed by atoms with Gasteiger partial charge in [0.1, 0.15) is 12.0 Å². The van der Waals surface area contributed by atoms with Crippen LogP contribution in [0.5, 0.6) is 0 Å². The Bertz CT molecular complexity index is 1120. The molecule has 1 fully saturated rings. The second-order valence-corrected chi connectivity index (χ2v) is 8.65. The molecule has 1 amide bonds. The summed E-state index contributed by atoms with van der Waals surface area (Å²) in [6.07, 6.45) is 1.39. The summed E-state index contributed by atoms with van der Waals surface area (Å²) in [5.41, 5.74) is 5.94. The van der Waals surface area contributed by atoms with Crippen LogP contribution in [-0.2, 0) is 16.6 Å². The molecule has 2 aromatic carbocycles. The first-order valence-electron chi connectivity index (χ1n) is 9.05. The maximum absolute atomic E-state index is 13.0. The summed E-state index contributed by atoms with van der Waals surface area (Å²) in [5.74, 6) is 0.368. The number of rotatable bonds is 4. The molecule has 146 valence electrons. The van der Waals surface area contributed by atoms with Crippen molar-refractivity contribution in [2.75, 3.05) is 26.2 Å². The Balaban J connectivity index is 1.48. The first kappa shape index (κ1) is 18.7. The van der Waals surface area contributed by atoms with Gasteiger partial charge in [0.25, 0.3) is 5.91 Å². The number of hydrogen-bond acceptors (Lipinski definition) is 5. The number of hydrogen-bond donors (Lipinski definition) is 1. The Morgan fingerprint density at radius 3 is 2.39 bits per heavy atom. The van der Waals surface area contributed by atoms with Gasteiger partial charge in [-0.05, 0) is 29.0 Å². The van der Waals surface area contributed by atoms with Gasteiger partial charge in [-0.1, -0.05) is 30.3 Å². The fraction of sp³-hybridized carbons (Fsp3) is 0.250. The lowest BCUT2D eigenvalue weighted by molar-refractivity contribution is 0.0697. The van der Waals surface area contributed by atoms with E-state index >= 15 is 0 Å². The molecule has 0 atom stereocenters. The lowest BCUT2D eigenvalue weighted by Crippen LogP contribution is -2.50. The molecule has 0 bridgehead atoms. The molecule has 1 aliphatic rings. The van der Waals surface area contributed by atoms with Crippen LogP contribution in [-0.4, -0.2) is 49.7 Å². The van der Waals surface area contributed by atoms with Crippen LogP contribution in [0, 0.1) is 0 Å². The third-order valence-corrected chi connectivity index (χ3v) is 6.88. The van der Waals surface area contributed by atoms with Crippen molar-refractivity contribution in [1.82, 2.24) is 9.21 Å². The minimum absolute atomic E-state index is 0.175. The van der Waals surface area contributed by atoms with E-state index in [0.717, 1.165) is 10.8 Å². The lowest BCUT2D eigenvalue weighted by Gasteiger charge is -2.33. The molecule has 4 rings (SSSR count). The third-order valence-electron chi connectivity index (χ3n) is 4.99. The Kier molecular flexibility index (Phi) is 4.92. The van der Waals surface area contributed by atoms with Crippen molar-refractivity contribution in [2.45, 2.75) is 11.4 Å². The van der Waals surface area contributed by atoms with Gasteiger partial charge in [-0.2, -0.15) is 4.31 Å². The maximum Gasteiger partial charge on any atom is 0.257 e. The summed E-state index contributed by atoms with van der Waals surface area (Å²) < 4.78 is 32.7. The SMILES string of the molecule is NCc1cc(C(=O)N2CCN(S(=O)(=O)c3ccc4ccccc4c3)CC2)co1. The normalized spacial score (nSPS) is 15.8. The Morgan fingerprint density at radius 2 is 1.71 bits per heavy atom. The van der Waals surface area contributed by atoms with Gasteiger partial charge in [0.15, 0.2) is 0 Å². The minimum atomic E-state index is -3.61. The molecule has 28 heavy (non-hydrogen) atoms. The second kappa shape index (κ2) is 7.38.